The van der Waals surface area contributed by atoms with Gasteiger partial charge in [-0.3, -0.25) is 4.79 Å². The summed E-state index contributed by atoms with van der Waals surface area (Å²) in [6, 6.07) is 24.9. The highest BCUT2D eigenvalue weighted by atomic mass is 32.2. The number of hydrazone groups is 1. The molecular formula is C27H29N3O4S. The minimum atomic E-state index is -3.95. The zero-order valence-electron chi connectivity index (χ0n) is 19.7. The van der Waals surface area contributed by atoms with E-state index >= 15 is 0 Å². The van der Waals surface area contributed by atoms with E-state index in [1.807, 2.05) is 55.5 Å². The number of aryl methyl sites for hydroxylation is 1. The summed E-state index contributed by atoms with van der Waals surface area (Å²) in [5.41, 5.74) is 1.54. The van der Waals surface area contributed by atoms with Gasteiger partial charge in [-0.25, -0.2) is 4.83 Å². The number of amides is 1. The predicted octanol–water partition coefficient (Wildman–Crippen LogP) is 4.21. The molecule has 7 nitrogen and oxygen atoms in total. The first-order valence-corrected chi connectivity index (χ1v) is 12.9. The third-order valence-corrected chi connectivity index (χ3v) is 7.40. The van der Waals surface area contributed by atoms with Gasteiger partial charge in [-0.05, 0) is 50.1 Å². The number of hydrogen-bond acceptors (Lipinski definition) is 5. The van der Waals surface area contributed by atoms with Crippen LogP contribution in [0.3, 0.4) is 0 Å². The van der Waals surface area contributed by atoms with Crippen LogP contribution in [0.25, 0.3) is 0 Å². The molecule has 182 valence electrons. The van der Waals surface area contributed by atoms with Gasteiger partial charge >= 0.3 is 0 Å². The minimum Gasteiger partial charge on any atom is -0.390 e. The number of sulfonamides is 1. The van der Waals surface area contributed by atoms with Crippen molar-refractivity contribution in [3.8, 4) is 0 Å². The maximum Gasteiger partial charge on any atom is 0.276 e. The monoisotopic (exact) mass is 491 g/mol. The topological polar surface area (TPSA) is 108 Å². The third-order valence-electron chi connectivity index (χ3n) is 6.18. The summed E-state index contributed by atoms with van der Waals surface area (Å²) in [5, 5.41) is 18.2. The predicted molar refractivity (Wildman–Crippen MR) is 137 cm³/mol. The molecule has 0 heterocycles. The molecule has 1 aliphatic rings. The van der Waals surface area contributed by atoms with Crippen LogP contribution in [-0.4, -0.2) is 30.7 Å². The van der Waals surface area contributed by atoms with Crippen LogP contribution in [0.2, 0.25) is 0 Å². The SMILES string of the molecule is Cc1ccc(S(=O)(=O)N/N=C2\CC(C)(O)CC(c3ccccc3)C2C(=O)Nc2ccccc2)cc1. The summed E-state index contributed by atoms with van der Waals surface area (Å²) in [6.45, 7) is 3.55. The Morgan fingerprint density at radius 2 is 1.57 bits per heavy atom. The maximum atomic E-state index is 13.6. The van der Waals surface area contributed by atoms with Crippen molar-refractivity contribution in [3.63, 3.8) is 0 Å². The van der Waals surface area contributed by atoms with Crippen molar-refractivity contribution in [2.75, 3.05) is 5.32 Å². The molecule has 4 rings (SSSR count). The molecule has 0 aromatic heterocycles. The van der Waals surface area contributed by atoms with Gasteiger partial charge in [-0.1, -0.05) is 66.2 Å². The lowest BCUT2D eigenvalue weighted by molar-refractivity contribution is -0.119. The Kier molecular flexibility index (Phi) is 7.05. The van der Waals surface area contributed by atoms with E-state index in [4.69, 9.17) is 0 Å². The van der Waals surface area contributed by atoms with E-state index in [9.17, 15) is 18.3 Å². The van der Waals surface area contributed by atoms with Crippen LogP contribution in [-0.2, 0) is 14.8 Å². The number of nitrogens with one attached hydrogen (secondary N) is 2. The molecule has 3 N–H and O–H groups in total. The Hall–Kier alpha value is -3.49. The fourth-order valence-electron chi connectivity index (χ4n) is 4.48. The number of nitrogens with zero attached hydrogens (tertiary/aromatic N) is 1. The zero-order valence-corrected chi connectivity index (χ0v) is 20.5. The summed E-state index contributed by atoms with van der Waals surface area (Å²) in [5.74, 6) is -1.49. The molecule has 1 amide bonds. The molecule has 0 bridgehead atoms. The van der Waals surface area contributed by atoms with Gasteiger partial charge in [-0.2, -0.15) is 13.5 Å². The van der Waals surface area contributed by atoms with E-state index in [0.717, 1.165) is 11.1 Å². The van der Waals surface area contributed by atoms with E-state index in [1.54, 1.807) is 31.2 Å². The number of para-hydroxylation sites is 1. The summed E-state index contributed by atoms with van der Waals surface area (Å²) >= 11 is 0. The average Bonchev–Trinajstić information content (AvgIpc) is 2.83. The van der Waals surface area contributed by atoms with Crippen LogP contribution < -0.4 is 10.1 Å². The molecule has 1 saturated carbocycles. The fraction of sp³-hybridized carbons (Fsp3) is 0.259. The zero-order chi connectivity index (χ0) is 25.1. The molecule has 3 aromatic carbocycles. The number of benzene rings is 3. The van der Waals surface area contributed by atoms with Gasteiger partial charge in [0.15, 0.2) is 0 Å². The second kappa shape index (κ2) is 10.0. The van der Waals surface area contributed by atoms with Crippen molar-refractivity contribution in [1.29, 1.82) is 0 Å². The van der Waals surface area contributed by atoms with E-state index in [0.29, 0.717) is 12.1 Å². The number of carbonyl (C=O) groups is 1. The molecule has 0 aliphatic heterocycles. The van der Waals surface area contributed by atoms with E-state index in [2.05, 4.69) is 15.2 Å². The highest BCUT2D eigenvalue weighted by Crippen LogP contribution is 2.41. The van der Waals surface area contributed by atoms with Gasteiger partial charge in [0.05, 0.1) is 22.1 Å². The first-order valence-electron chi connectivity index (χ1n) is 11.4. The summed E-state index contributed by atoms with van der Waals surface area (Å²) < 4.78 is 25.8. The summed E-state index contributed by atoms with van der Waals surface area (Å²) in [4.78, 5) is 15.9. The third kappa shape index (κ3) is 5.96. The summed E-state index contributed by atoms with van der Waals surface area (Å²) in [6.07, 6.45) is 0.382. The lowest BCUT2D eigenvalue weighted by Crippen LogP contribution is -2.47. The van der Waals surface area contributed by atoms with E-state index < -0.39 is 27.5 Å². The van der Waals surface area contributed by atoms with Crippen molar-refractivity contribution in [2.24, 2.45) is 11.0 Å². The fourth-order valence-corrected chi connectivity index (χ4v) is 5.32. The molecule has 3 aromatic rings. The smallest absolute Gasteiger partial charge is 0.276 e. The average molecular weight is 492 g/mol. The van der Waals surface area contributed by atoms with Crippen molar-refractivity contribution in [1.82, 2.24) is 4.83 Å². The van der Waals surface area contributed by atoms with Crippen LogP contribution in [0.5, 0.6) is 0 Å². The second-order valence-corrected chi connectivity index (χ2v) is 10.9. The van der Waals surface area contributed by atoms with Gasteiger partial charge in [-0.15, -0.1) is 0 Å². The van der Waals surface area contributed by atoms with E-state index in [-0.39, 0.29) is 22.9 Å². The number of rotatable bonds is 6. The van der Waals surface area contributed by atoms with Crippen molar-refractivity contribution in [3.05, 3.63) is 96.1 Å². The number of anilines is 1. The van der Waals surface area contributed by atoms with Crippen molar-refractivity contribution >= 4 is 27.3 Å². The maximum absolute atomic E-state index is 13.6. The largest absolute Gasteiger partial charge is 0.390 e. The highest BCUT2D eigenvalue weighted by Gasteiger charge is 2.45. The van der Waals surface area contributed by atoms with E-state index in [1.165, 1.54) is 12.1 Å². The number of carbonyl (C=O) groups excluding carboxylic acids is 1. The van der Waals surface area contributed by atoms with Crippen LogP contribution in [0, 0.1) is 12.8 Å². The van der Waals surface area contributed by atoms with Gasteiger partial charge < -0.3 is 10.4 Å². The number of aliphatic hydroxyl groups is 1. The van der Waals surface area contributed by atoms with Gasteiger partial charge in [0.25, 0.3) is 10.0 Å². The van der Waals surface area contributed by atoms with Crippen LogP contribution >= 0.6 is 0 Å². The van der Waals surface area contributed by atoms with Crippen LogP contribution in [0.4, 0.5) is 5.69 Å². The molecular weight excluding hydrogens is 462 g/mol. The Labute approximate surface area is 206 Å². The molecule has 3 unspecified atom stereocenters. The standard InChI is InChI=1S/C27H29N3O4S/c1-19-13-15-22(16-14-19)35(33,34)30-29-24-18-27(2,32)17-23(20-9-5-3-6-10-20)25(24)26(31)28-21-11-7-4-8-12-21/h3-16,23,25,30,32H,17-18H2,1-2H3,(H,28,31)/b29-24+. The Morgan fingerprint density at radius 1 is 0.971 bits per heavy atom. The Bertz CT molecular complexity index is 1310. The van der Waals surface area contributed by atoms with Gasteiger partial charge in [0.2, 0.25) is 5.91 Å². The first kappa shape index (κ1) is 24.6. The molecule has 3 atom stereocenters. The normalized spacial score (nSPS) is 23.6. The lowest BCUT2D eigenvalue weighted by atomic mass is 9.68. The molecule has 8 heteroatoms. The molecule has 0 radical (unpaired) electrons. The molecule has 0 saturated heterocycles. The molecule has 35 heavy (non-hydrogen) atoms. The summed E-state index contributed by atoms with van der Waals surface area (Å²) in [7, 11) is -3.95. The molecule has 1 aliphatic carbocycles. The van der Waals surface area contributed by atoms with Crippen molar-refractivity contribution in [2.45, 2.75) is 43.1 Å². The first-order chi connectivity index (χ1) is 16.6. The Morgan fingerprint density at radius 3 is 2.20 bits per heavy atom. The molecule has 0 spiro atoms. The van der Waals surface area contributed by atoms with Crippen LogP contribution in [0.15, 0.2) is 94.9 Å². The van der Waals surface area contributed by atoms with Crippen molar-refractivity contribution < 1.29 is 18.3 Å². The second-order valence-electron chi connectivity index (χ2n) is 9.24. The van der Waals surface area contributed by atoms with Gasteiger partial charge in [0, 0.05) is 18.0 Å². The van der Waals surface area contributed by atoms with Crippen LogP contribution in [0.1, 0.15) is 36.8 Å². The quantitative estimate of drug-likeness (QED) is 0.449. The number of hydrogen-bond donors (Lipinski definition) is 3. The highest BCUT2D eigenvalue weighted by molar-refractivity contribution is 7.89. The molecule has 1 fully saturated rings. The lowest BCUT2D eigenvalue weighted by Gasteiger charge is -2.40. The minimum absolute atomic E-state index is 0.0552. The Balaban J connectivity index is 1.72. The van der Waals surface area contributed by atoms with Gasteiger partial charge in [0.1, 0.15) is 0 Å².